The summed E-state index contributed by atoms with van der Waals surface area (Å²) in [7, 11) is 0. The summed E-state index contributed by atoms with van der Waals surface area (Å²) >= 11 is 1.18. The maximum atomic E-state index is 12.6. The first-order valence-electron chi connectivity index (χ1n) is 10.4. The Balaban J connectivity index is 1.91. The summed E-state index contributed by atoms with van der Waals surface area (Å²) in [5.74, 6) is -0.820. The van der Waals surface area contributed by atoms with Crippen LogP contribution in [-0.2, 0) is 11.2 Å². The van der Waals surface area contributed by atoms with Crippen molar-refractivity contribution in [1.82, 2.24) is 5.32 Å². The van der Waals surface area contributed by atoms with E-state index in [1.807, 2.05) is 24.3 Å². The highest BCUT2D eigenvalue weighted by atomic mass is 32.2. The standard InChI is InChI=1S/C25H23N3O4S/c1-4-17-5-7-19(8-6-17)24-21(13-26)25(27-15(2)23(24)16(3)29)33-14-22(30)18-9-11-20(12-10-18)28(31)32/h5-12,24,27H,4,14H2,1-3H3. The van der Waals surface area contributed by atoms with Crippen molar-refractivity contribution in [2.45, 2.75) is 33.1 Å². The number of benzene rings is 2. The van der Waals surface area contributed by atoms with Gasteiger partial charge >= 0.3 is 0 Å². The van der Waals surface area contributed by atoms with Crippen molar-refractivity contribution < 1.29 is 14.5 Å². The molecule has 0 aliphatic carbocycles. The van der Waals surface area contributed by atoms with E-state index in [1.54, 1.807) is 6.92 Å². The van der Waals surface area contributed by atoms with Gasteiger partial charge in [0.1, 0.15) is 0 Å². The van der Waals surface area contributed by atoms with Gasteiger partial charge in [0.25, 0.3) is 5.69 Å². The third-order valence-corrected chi connectivity index (χ3v) is 6.51. The van der Waals surface area contributed by atoms with Crippen LogP contribution in [0, 0.1) is 21.4 Å². The Kier molecular flexibility index (Phi) is 7.46. The Hall–Kier alpha value is -3.70. The van der Waals surface area contributed by atoms with E-state index in [1.165, 1.54) is 43.0 Å². The van der Waals surface area contributed by atoms with E-state index < -0.39 is 10.8 Å². The monoisotopic (exact) mass is 461 g/mol. The highest BCUT2D eigenvalue weighted by Gasteiger charge is 2.33. The molecule has 1 heterocycles. The minimum absolute atomic E-state index is 0.0372. The van der Waals surface area contributed by atoms with Crippen molar-refractivity contribution in [2.75, 3.05) is 5.75 Å². The van der Waals surface area contributed by atoms with Crippen LogP contribution in [0.15, 0.2) is 70.4 Å². The van der Waals surface area contributed by atoms with Crippen LogP contribution in [0.1, 0.15) is 48.2 Å². The van der Waals surface area contributed by atoms with Crippen LogP contribution in [0.25, 0.3) is 0 Å². The first-order valence-corrected chi connectivity index (χ1v) is 11.4. The predicted octanol–water partition coefficient (Wildman–Crippen LogP) is 5.06. The highest BCUT2D eigenvalue weighted by molar-refractivity contribution is 8.03. The number of non-ortho nitro benzene ring substituents is 1. The first kappa shape index (κ1) is 24.0. The smallest absolute Gasteiger partial charge is 0.269 e. The summed E-state index contributed by atoms with van der Waals surface area (Å²) in [6.45, 7) is 5.33. The van der Waals surface area contributed by atoms with Gasteiger partial charge in [-0.2, -0.15) is 5.26 Å². The van der Waals surface area contributed by atoms with E-state index in [-0.39, 0.29) is 23.0 Å². The zero-order valence-corrected chi connectivity index (χ0v) is 19.4. The van der Waals surface area contributed by atoms with E-state index in [4.69, 9.17) is 0 Å². The molecule has 0 saturated carbocycles. The Morgan fingerprint density at radius 2 is 1.79 bits per heavy atom. The van der Waals surface area contributed by atoms with Crippen molar-refractivity contribution in [2.24, 2.45) is 0 Å². The fraction of sp³-hybridized carbons (Fsp3) is 0.240. The molecular formula is C25H23N3O4S. The second-order valence-corrected chi connectivity index (χ2v) is 8.60. The lowest BCUT2D eigenvalue weighted by molar-refractivity contribution is -0.384. The quantitative estimate of drug-likeness (QED) is 0.332. The number of ketones is 2. The first-order chi connectivity index (χ1) is 15.8. The molecule has 2 aromatic rings. The van der Waals surface area contributed by atoms with Gasteiger partial charge in [0, 0.05) is 29.0 Å². The Bertz CT molecular complexity index is 1210. The van der Waals surface area contributed by atoms with Crippen molar-refractivity contribution >= 4 is 29.0 Å². The average molecular weight is 462 g/mol. The van der Waals surface area contributed by atoms with Crippen molar-refractivity contribution in [3.8, 4) is 6.07 Å². The number of nitriles is 1. The number of rotatable bonds is 8. The van der Waals surface area contributed by atoms with Crippen LogP contribution in [0.2, 0.25) is 0 Å². The summed E-state index contributed by atoms with van der Waals surface area (Å²) in [4.78, 5) is 35.4. The number of dihydropyridines is 1. The Labute approximate surface area is 196 Å². The summed E-state index contributed by atoms with van der Waals surface area (Å²) in [5, 5.41) is 24.5. The van der Waals surface area contributed by atoms with Crippen LogP contribution in [0.4, 0.5) is 5.69 Å². The second kappa shape index (κ2) is 10.3. The molecule has 0 spiro atoms. The molecule has 8 heteroatoms. The van der Waals surface area contributed by atoms with Gasteiger partial charge in [-0.25, -0.2) is 0 Å². The van der Waals surface area contributed by atoms with Crippen molar-refractivity contribution in [1.29, 1.82) is 5.26 Å². The SMILES string of the molecule is CCc1ccc(C2C(C#N)=C(SCC(=O)c3ccc([N+](=O)[O-])cc3)NC(C)=C2C(C)=O)cc1. The number of hydrogen-bond donors (Lipinski definition) is 1. The third kappa shape index (κ3) is 5.21. The molecule has 1 aliphatic rings. The van der Waals surface area contributed by atoms with Crippen molar-refractivity contribution in [3.05, 3.63) is 97.2 Å². The fourth-order valence-electron chi connectivity index (χ4n) is 3.76. The zero-order chi connectivity index (χ0) is 24.1. The number of carbonyl (C=O) groups is 2. The van der Waals surface area contributed by atoms with Crippen LogP contribution in [0.3, 0.4) is 0 Å². The minimum atomic E-state index is -0.520. The van der Waals surface area contributed by atoms with Crippen LogP contribution in [0.5, 0.6) is 0 Å². The predicted molar refractivity (Wildman–Crippen MR) is 128 cm³/mol. The fourth-order valence-corrected chi connectivity index (χ4v) is 4.75. The number of allylic oxidation sites excluding steroid dienone is 3. The molecule has 7 nitrogen and oxygen atoms in total. The lowest BCUT2D eigenvalue weighted by Gasteiger charge is -2.29. The Morgan fingerprint density at radius 1 is 1.15 bits per heavy atom. The molecule has 1 atom stereocenters. The summed E-state index contributed by atoms with van der Waals surface area (Å²) in [6.07, 6.45) is 0.883. The number of thioether (sulfide) groups is 1. The highest BCUT2D eigenvalue weighted by Crippen LogP contribution is 2.41. The molecular weight excluding hydrogens is 438 g/mol. The van der Waals surface area contributed by atoms with Gasteiger partial charge in [-0.05, 0) is 43.5 Å². The molecule has 168 valence electrons. The van der Waals surface area contributed by atoms with Gasteiger partial charge in [-0.1, -0.05) is 43.0 Å². The second-order valence-electron chi connectivity index (χ2n) is 7.62. The van der Waals surface area contributed by atoms with E-state index in [0.717, 1.165) is 17.5 Å². The molecule has 0 aromatic heterocycles. The summed E-state index contributed by atoms with van der Waals surface area (Å²) in [6, 6.07) is 15.5. The number of hydrogen-bond acceptors (Lipinski definition) is 7. The van der Waals surface area contributed by atoms with Crippen LogP contribution < -0.4 is 5.32 Å². The average Bonchev–Trinajstić information content (AvgIpc) is 2.81. The number of nitro groups is 1. The van der Waals surface area contributed by atoms with E-state index >= 15 is 0 Å². The van der Waals surface area contributed by atoms with Gasteiger partial charge in [0.15, 0.2) is 11.6 Å². The van der Waals surface area contributed by atoms with Gasteiger partial charge in [-0.15, -0.1) is 0 Å². The molecule has 1 N–H and O–H groups in total. The molecule has 2 aromatic carbocycles. The molecule has 0 radical (unpaired) electrons. The molecule has 0 fully saturated rings. The molecule has 0 bridgehead atoms. The lowest BCUT2D eigenvalue weighted by Crippen LogP contribution is -2.27. The van der Waals surface area contributed by atoms with E-state index in [2.05, 4.69) is 18.3 Å². The summed E-state index contributed by atoms with van der Waals surface area (Å²) < 4.78 is 0. The number of nitrogens with one attached hydrogen (secondary N) is 1. The van der Waals surface area contributed by atoms with Crippen LogP contribution >= 0.6 is 11.8 Å². The van der Waals surface area contributed by atoms with Crippen LogP contribution in [-0.4, -0.2) is 22.2 Å². The topological polar surface area (TPSA) is 113 Å². The van der Waals surface area contributed by atoms with E-state index in [9.17, 15) is 25.0 Å². The normalized spacial score (nSPS) is 15.6. The molecule has 0 amide bonds. The van der Waals surface area contributed by atoms with E-state index in [0.29, 0.717) is 27.4 Å². The maximum absolute atomic E-state index is 12.6. The number of carbonyl (C=O) groups excluding carboxylic acids is 2. The molecule has 1 unspecified atom stereocenters. The number of aryl methyl sites for hydroxylation is 1. The third-order valence-electron chi connectivity index (χ3n) is 5.50. The largest absolute Gasteiger partial charge is 0.353 e. The molecule has 33 heavy (non-hydrogen) atoms. The maximum Gasteiger partial charge on any atom is 0.269 e. The molecule has 3 rings (SSSR count). The lowest BCUT2D eigenvalue weighted by atomic mass is 9.81. The van der Waals surface area contributed by atoms with Gasteiger partial charge in [0.2, 0.25) is 0 Å². The minimum Gasteiger partial charge on any atom is -0.353 e. The Morgan fingerprint density at radius 3 is 2.30 bits per heavy atom. The van der Waals surface area contributed by atoms with Gasteiger partial charge in [0.05, 0.1) is 33.3 Å². The zero-order valence-electron chi connectivity index (χ0n) is 18.5. The van der Waals surface area contributed by atoms with Gasteiger partial charge < -0.3 is 5.32 Å². The van der Waals surface area contributed by atoms with Crippen molar-refractivity contribution in [3.63, 3.8) is 0 Å². The van der Waals surface area contributed by atoms with Gasteiger partial charge in [-0.3, -0.25) is 19.7 Å². The molecule has 1 aliphatic heterocycles. The number of nitrogens with zero attached hydrogens (tertiary/aromatic N) is 2. The number of Topliss-reactive ketones (excluding diaryl/α,β-unsaturated/α-hetero) is 2. The number of nitro benzene ring substituents is 1. The molecule has 0 saturated heterocycles. The summed E-state index contributed by atoms with van der Waals surface area (Å²) in [5.41, 5.74) is 3.83.